The number of carboxylic acids is 3. The second kappa shape index (κ2) is 6.06. The van der Waals surface area contributed by atoms with Crippen molar-refractivity contribution in [2.45, 2.75) is 32.5 Å². The van der Waals surface area contributed by atoms with Crippen LogP contribution in [0.3, 0.4) is 0 Å². The fraction of sp³-hybridized carbons (Fsp3) is 0.667. The lowest BCUT2D eigenvalue weighted by Gasteiger charge is -2.21. The topological polar surface area (TPSA) is 121 Å². The van der Waals surface area contributed by atoms with Gasteiger partial charge in [-0.3, -0.25) is 4.79 Å². The molecule has 0 aromatic rings. The predicted octanol–water partition coefficient (Wildman–Crippen LogP) is 0.0401. The molecule has 0 aliphatic heterocycles. The Hall–Kier alpha value is -1.63. The third-order valence-electron chi connectivity index (χ3n) is 2.04. The number of rotatable bonds is 7. The fourth-order valence-corrected chi connectivity index (χ4v) is 1.03. The number of carboxylic acid groups (broad SMARTS) is 3. The Labute approximate surface area is 91.6 Å². The first-order valence-corrected chi connectivity index (χ1v) is 4.65. The Balaban J connectivity index is 4.74. The van der Waals surface area contributed by atoms with Gasteiger partial charge in [0.05, 0.1) is 5.92 Å². The first kappa shape index (κ1) is 14.4. The van der Waals surface area contributed by atoms with Crippen LogP contribution in [0.5, 0.6) is 0 Å². The summed E-state index contributed by atoms with van der Waals surface area (Å²) in [6, 6.07) is 0. The van der Waals surface area contributed by atoms with Crippen LogP contribution in [-0.4, -0.2) is 45.4 Å². The number of hydrogen-bond acceptors (Lipinski definition) is 4. The summed E-state index contributed by atoms with van der Waals surface area (Å²) < 4.78 is 4.77. The molecular weight excluding hydrogens is 220 g/mol. The molecule has 3 unspecified atom stereocenters. The van der Waals surface area contributed by atoms with E-state index in [1.165, 1.54) is 6.92 Å². The monoisotopic (exact) mass is 234 g/mol. The maximum Gasteiger partial charge on any atom is 0.333 e. The summed E-state index contributed by atoms with van der Waals surface area (Å²) in [5.41, 5.74) is 0. The van der Waals surface area contributed by atoms with Crippen molar-refractivity contribution in [3.05, 3.63) is 0 Å². The molecule has 7 nitrogen and oxygen atoms in total. The van der Waals surface area contributed by atoms with Crippen molar-refractivity contribution in [1.29, 1.82) is 0 Å². The zero-order chi connectivity index (χ0) is 12.9. The van der Waals surface area contributed by atoms with Gasteiger partial charge in [0.25, 0.3) is 0 Å². The van der Waals surface area contributed by atoms with Crippen LogP contribution in [-0.2, 0) is 19.1 Å². The Morgan fingerprint density at radius 3 is 1.81 bits per heavy atom. The van der Waals surface area contributed by atoms with E-state index in [1.807, 2.05) is 0 Å². The van der Waals surface area contributed by atoms with Crippen molar-refractivity contribution in [1.82, 2.24) is 0 Å². The fourth-order valence-electron chi connectivity index (χ4n) is 1.03. The molecule has 0 heterocycles. The zero-order valence-electron chi connectivity index (χ0n) is 8.91. The summed E-state index contributed by atoms with van der Waals surface area (Å²) in [6.07, 6.45) is -2.92. The number of aliphatic carboxylic acids is 3. The van der Waals surface area contributed by atoms with Gasteiger partial charge in [0.2, 0.25) is 0 Å². The van der Waals surface area contributed by atoms with Gasteiger partial charge in [-0.2, -0.15) is 0 Å². The van der Waals surface area contributed by atoms with E-state index < -0.39 is 36.0 Å². The lowest BCUT2D eigenvalue weighted by molar-refractivity contribution is -0.175. The third-order valence-corrected chi connectivity index (χ3v) is 2.04. The Morgan fingerprint density at radius 2 is 1.56 bits per heavy atom. The van der Waals surface area contributed by atoms with Gasteiger partial charge < -0.3 is 20.1 Å². The van der Waals surface area contributed by atoms with Gasteiger partial charge in [-0.05, 0) is 13.3 Å². The molecule has 92 valence electrons. The zero-order valence-corrected chi connectivity index (χ0v) is 8.91. The van der Waals surface area contributed by atoms with Gasteiger partial charge in [-0.1, -0.05) is 6.92 Å². The van der Waals surface area contributed by atoms with Crippen LogP contribution < -0.4 is 0 Å². The molecule has 16 heavy (non-hydrogen) atoms. The van der Waals surface area contributed by atoms with E-state index in [9.17, 15) is 14.4 Å². The molecule has 0 rings (SSSR count). The first-order chi connectivity index (χ1) is 7.31. The SMILES string of the molecule is CCC(OC(C(=O)O)C(C)C(=O)O)C(=O)O. The van der Waals surface area contributed by atoms with Gasteiger partial charge in [0, 0.05) is 0 Å². The molecule has 0 saturated carbocycles. The van der Waals surface area contributed by atoms with Crippen LogP contribution >= 0.6 is 0 Å². The van der Waals surface area contributed by atoms with Crippen LogP contribution in [0.4, 0.5) is 0 Å². The van der Waals surface area contributed by atoms with Crippen molar-refractivity contribution >= 4 is 17.9 Å². The van der Waals surface area contributed by atoms with Crippen LogP contribution in [0.1, 0.15) is 20.3 Å². The maximum absolute atomic E-state index is 10.7. The average molecular weight is 234 g/mol. The van der Waals surface area contributed by atoms with Gasteiger partial charge in [0.1, 0.15) is 0 Å². The number of hydrogen-bond donors (Lipinski definition) is 3. The largest absolute Gasteiger partial charge is 0.481 e. The van der Waals surface area contributed by atoms with E-state index in [4.69, 9.17) is 20.1 Å². The van der Waals surface area contributed by atoms with Crippen LogP contribution in [0.15, 0.2) is 0 Å². The van der Waals surface area contributed by atoms with E-state index in [-0.39, 0.29) is 6.42 Å². The summed E-state index contributed by atoms with van der Waals surface area (Å²) in [5, 5.41) is 26.0. The van der Waals surface area contributed by atoms with E-state index >= 15 is 0 Å². The van der Waals surface area contributed by atoms with Crippen LogP contribution in [0.2, 0.25) is 0 Å². The molecule has 0 aliphatic carbocycles. The smallest absolute Gasteiger partial charge is 0.333 e. The van der Waals surface area contributed by atoms with E-state index in [2.05, 4.69) is 0 Å². The third kappa shape index (κ3) is 3.85. The quantitative estimate of drug-likeness (QED) is 0.568. The lowest BCUT2D eigenvalue weighted by Crippen LogP contribution is -2.40. The Bertz CT molecular complexity index is 286. The first-order valence-electron chi connectivity index (χ1n) is 4.65. The highest BCUT2D eigenvalue weighted by atomic mass is 16.5. The maximum atomic E-state index is 10.7. The molecule has 0 amide bonds. The normalized spacial score (nSPS) is 16.1. The summed E-state index contributed by atoms with van der Waals surface area (Å²) in [5.74, 6) is -5.47. The summed E-state index contributed by atoms with van der Waals surface area (Å²) in [4.78, 5) is 31.9. The van der Waals surface area contributed by atoms with Crippen molar-refractivity contribution in [2.24, 2.45) is 5.92 Å². The highest BCUT2D eigenvalue weighted by Crippen LogP contribution is 2.13. The minimum Gasteiger partial charge on any atom is -0.481 e. The van der Waals surface area contributed by atoms with Gasteiger partial charge in [-0.25, -0.2) is 9.59 Å². The Morgan fingerprint density at radius 1 is 1.06 bits per heavy atom. The predicted molar refractivity (Wildman–Crippen MR) is 51.0 cm³/mol. The van der Waals surface area contributed by atoms with E-state index in [0.717, 1.165) is 6.92 Å². The minimum absolute atomic E-state index is 0.0610. The highest BCUT2D eigenvalue weighted by Gasteiger charge is 2.34. The Kier molecular flexibility index (Phi) is 5.44. The summed E-state index contributed by atoms with van der Waals surface area (Å²) in [6.45, 7) is 2.65. The molecule has 0 aromatic heterocycles. The molecule has 0 radical (unpaired) electrons. The second-order valence-electron chi connectivity index (χ2n) is 3.26. The van der Waals surface area contributed by atoms with Crippen LogP contribution in [0.25, 0.3) is 0 Å². The molecule has 0 aromatic carbocycles. The van der Waals surface area contributed by atoms with Crippen molar-refractivity contribution in [2.75, 3.05) is 0 Å². The molecule has 0 bridgehead atoms. The molecule has 0 spiro atoms. The van der Waals surface area contributed by atoms with Crippen molar-refractivity contribution in [3.63, 3.8) is 0 Å². The number of ether oxygens (including phenoxy) is 1. The highest BCUT2D eigenvalue weighted by molar-refractivity contribution is 5.82. The molecule has 0 aliphatic rings. The van der Waals surface area contributed by atoms with Crippen molar-refractivity contribution < 1.29 is 34.4 Å². The van der Waals surface area contributed by atoms with Gasteiger partial charge in [0.15, 0.2) is 12.2 Å². The molecule has 3 N–H and O–H groups in total. The molecule has 3 atom stereocenters. The molecule has 0 fully saturated rings. The number of carbonyl (C=O) groups is 3. The van der Waals surface area contributed by atoms with Crippen molar-refractivity contribution in [3.8, 4) is 0 Å². The molecule has 0 saturated heterocycles. The van der Waals surface area contributed by atoms with Gasteiger partial charge in [-0.15, -0.1) is 0 Å². The summed E-state index contributed by atoms with van der Waals surface area (Å²) >= 11 is 0. The standard InChI is InChI=1S/C9H14O7/c1-3-5(8(12)13)16-6(9(14)15)4(2)7(10)11/h4-6H,3H2,1-2H3,(H,10,11)(H,12,13)(H,14,15). The van der Waals surface area contributed by atoms with E-state index in [0.29, 0.717) is 0 Å². The molecular formula is C9H14O7. The summed E-state index contributed by atoms with van der Waals surface area (Å²) in [7, 11) is 0. The lowest BCUT2D eigenvalue weighted by atomic mass is 10.1. The van der Waals surface area contributed by atoms with E-state index in [1.54, 1.807) is 0 Å². The minimum atomic E-state index is -1.67. The molecule has 7 heteroatoms. The van der Waals surface area contributed by atoms with Crippen LogP contribution in [0, 0.1) is 5.92 Å². The second-order valence-corrected chi connectivity index (χ2v) is 3.26. The average Bonchev–Trinajstić information content (AvgIpc) is 2.17. The van der Waals surface area contributed by atoms with Gasteiger partial charge >= 0.3 is 17.9 Å².